The Bertz CT molecular complexity index is 1010. The van der Waals surface area contributed by atoms with E-state index in [1.165, 1.54) is 11.9 Å². The van der Waals surface area contributed by atoms with E-state index in [2.05, 4.69) is 9.97 Å². The fraction of sp³-hybridized carbons (Fsp3) is 0.0588. The van der Waals surface area contributed by atoms with Crippen LogP contribution in [0.1, 0.15) is 21.0 Å². The number of carbonyl (C=O) groups excluding carboxylic acids is 1. The van der Waals surface area contributed by atoms with Crippen molar-refractivity contribution in [3.63, 3.8) is 0 Å². The number of nitrogens with zero attached hydrogens (tertiary/aromatic N) is 2. The molecule has 2 aromatic carbocycles. The van der Waals surface area contributed by atoms with E-state index >= 15 is 0 Å². The van der Waals surface area contributed by atoms with Crippen LogP contribution in [0.25, 0.3) is 10.8 Å². The smallest absolute Gasteiger partial charge is 0.372 e. The predicted octanol–water partition coefficient (Wildman–Crippen LogP) is 1.90. The van der Waals surface area contributed by atoms with Gasteiger partial charge in [0.2, 0.25) is 5.82 Å². The Morgan fingerprint density at radius 1 is 1.12 bits per heavy atom. The number of rotatable bonds is 3. The highest BCUT2D eigenvalue weighted by atomic mass is 16.4. The first-order valence-corrected chi connectivity index (χ1v) is 7.07. The Labute approximate surface area is 136 Å². The summed E-state index contributed by atoms with van der Waals surface area (Å²) in [6.45, 7) is 0. The van der Waals surface area contributed by atoms with Crippen LogP contribution in [0.4, 0.5) is 5.69 Å². The maximum atomic E-state index is 12.5. The third-order valence-electron chi connectivity index (χ3n) is 3.66. The van der Waals surface area contributed by atoms with Crippen molar-refractivity contribution < 1.29 is 14.7 Å². The van der Waals surface area contributed by atoms with Gasteiger partial charge in [0.05, 0.1) is 0 Å². The van der Waals surface area contributed by atoms with Gasteiger partial charge >= 0.3 is 5.97 Å². The molecule has 120 valence electrons. The van der Waals surface area contributed by atoms with Gasteiger partial charge in [-0.2, -0.15) is 0 Å². The summed E-state index contributed by atoms with van der Waals surface area (Å²) in [6.07, 6.45) is 0.974. The van der Waals surface area contributed by atoms with Gasteiger partial charge in [0.1, 0.15) is 5.56 Å². The van der Waals surface area contributed by atoms with Crippen LogP contribution in [0.2, 0.25) is 0 Å². The molecular formula is C17H13N3O4. The maximum Gasteiger partial charge on any atom is 0.372 e. The molecule has 1 heterocycles. The van der Waals surface area contributed by atoms with E-state index in [1.54, 1.807) is 6.07 Å². The van der Waals surface area contributed by atoms with Crippen molar-refractivity contribution in [1.82, 2.24) is 9.97 Å². The minimum Gasteiger partial charge on any atom is -0.475 e. The minimum atomic E-state index is -1.37. The van der Waals surface area contributed by atoms with Gasteiger partial charge in [0, 0.05) is 18.9 Å². The Hall–Kier alpha value is -3.48. The summed E-state index contributed by atoms with van der Waals surface area (Å²) in [7, 11) is 1.54. The number of carboxylic acids is 1. The number of nitrogens with one attached hydrogen (secondary N) is 1. The molecule has 3 rings (SSSR count). The summed E-state index contributed by atoms with van der Waals surface area (Å²) < 4.78 is 0. The lowest BCUT2D eigenvalue weighted by atomic mass is 10.1. The fourth-order valence-corrected chi connectivity index (χ4v) is 2.34. The molecule has 0 spiro atoms. The van der Waals surface area contributed by atoms with E-state index in [1.807, 2.05) is 36.4 Å². The van der Waals surface area contributed by atoms with Gasteiger partial charge in [0.15, 0.2) is 0 Å². The van der Waals surface area contributed by atoms with Gasteiger partial charge in [0.25, 0.3) is 11.5 Å². The summed E-state index contributed by atoms with van der Waals surface area (Å²) in [6, 6.07) is 13.2. The number of carbonyl (C=O) groups is 2. The SMILES string of the molecule is CN(C(=O)c1cnc(C(=O)O)[nH]c1=O)c1ccc2ccccc2c1. The Kier molecular flexibility index (Phi) is 3.83. The van der Waals surface area contributed by atoms with Crippen molar-refractivity contribution >= 4 is 28.3 Å². The number of benzene rings is 2. The van der Waals surface area contributed by atoms with Crippen LogP contribution in [0.15, 0.2) is 53.5 Å². The quantitative estimate of drug-likeness (QED) is 0.766. The molecule has 24 heavy (non-hydrogen) atoms. The number of aromatic amines is 1. The molecule has 7 heteroatoms. The van der Waals surface area contributed by atoms with Crippen molar-refractivity contribution in [2.75, 3.05) is 11.9 Å². The largest absolute Gasteiger partial charge is 0.475 e. The van der Waals surface area contributed by atoms with Gasteiger partial charge in [-0.3, -0.25) is 9.59 Å². The van der Waals surface area contributed by atoms with Gasteiger partial charge in [-0.05, 0) is 22.9 Å². The minimum absolute atomic E-state index is 0.226. The zero-order valence-corrected chi connectivity index (χ0v) is 12.7. The van der Waals surface area contributed by atoms with Crippen LogP contribution >= 0.6 is 0 Å². The average Bonchev–Trinajstić information content (AvgIpc) is 2.60. The lowest BCUT2D eigenvalue weighted by molar-refractivity contribution is 0.0682. The van der Waals surface area contributed by atoms with Crippen molar-refractivity contribution in [2.45, 2.75) is 0 Å². The highest BCUT2D eigenvalue weighted by molar-refractivity contribution is 6.06. The lowest BCUT2D eigenvalue weighted by Crippen LogP contribution is -2.32. The Morgan fingerprint density at radius 3 is 2.50 bits per heavy atom. The van der Waals surface area contributed by atoms with Crippen LogP contribution in [-0.4, -0.2) is 34.0 Å². The van der Waals surface area contributed by atoms with Gasteiger partial charge in [-0.15, -0.1) is 0 Å². The molecule has 3 aromatic rings. The van der Waals surface area contributed by atoms with E-state index in [9.17, 15) is 14.4 Å². The number of anilines is 1. The molecule has 0 aliphatic heterocycles. The highest BCUT2D eigenvalue weighted by Gasteiger charge is 2.19. The summed E-state index contributed by atoms with van der Waals surface area (Å²) in [5.41, 5.74) is -0.406. The standard InChI is InChI=1S/C17H13N3O4/c1-20(12-7-6-10-4-2-3-5-11(10)8-12)16(22)13-9-18-14(17(23)24)19-15(13)21/h2-9H,1H3,(H,23,24)(H,18,19,21). The van der Waals surface area contributed by atoms with Crippen LogP contribution in [0.5, 0.6) is 0 Å². The lowest BCUT2D eigenvalue weighted by Gasteiger charge is -2.17. The van der Waals surface area contributed by atoms with Crippen molar-refractivity contribution in [3.8, 4) is 0 Å². The van der Waals surface area contributed by atoms with Crippen LogP contribution < -0.4 is 10.5 Å². The number of fused-ring (bicyclic) bond motifs is 1. The first-order valence-electron chi connectivity index (χ1n) is 7.07. The monoisotopic (exact) mass is 323 g/mol. The van der Waals surface area contributed by atoms with Crippen molar-refractivity contribution in [1.29, 1.82) is 0 Å². The predicted molar refractivity (Wildman–Crippen MR) is 88.5 cm³/mol. The van der Waals surface area contributed by atoms with Gasteiger partial charge in [-0.1, -0.05) is 30.3 Å². The van der Waals surface area contributed by atoms with Crippen LogP contribution in [-0.2, 0) is 0 Å². The third-order valence-corrected chi connectivity index (χ3v) is 3.66. The first-order chi connectivity index (χ1) is 11.5. The molecule has 0 aliphatic carbocycles. The Morgan fingerprint density at radius 2 is 1.83 bits per heavy atom. The number of amides is 1. The molecule has 7 nitrogen and oxygen atoms in total. The molecule has 0 saturated carbocycles. The highest BCUT2D eigenvalue weighted by Crippen LogP contribution is 2.22. The van der Waals surface area contributed by atoms with Crippen LogP contribution in [0.3, 0.4) is 0 Å². The fourth-order valence-electron chi connectivity index (χ4n) is 2.34. The van der Waals surface area contributed by atoms with Crippen molar-refractivity contribution in [2.24, 2.45) is 0 Å². The molecule has 1 amide bonds. The van der Waals surface area contributed by atoms with Gasteiger partial charge < -0.3 is 15.0 Å². The third kappa shape index (κ3) is 2.74. The molecule has 0 atom stereocenters. The van der Waals surface area contributed by atoms with E-state index in [-0.39, 0.29) is 5.56 Å². The number of aromatic nitrogens is 2. The summed E-state index contributed by atoms with van der Waals surface area (Å²) >= 11 is 0. The molecule has 0 radical (unpaired) electrons. The summed E-state index contributed by atoms with van der Waals surface area (Å²) in [5.74, 6) is -2.45. The van der Waals surface area contributed by atoms with Crippen molar-refractivity contribution in [3.05, 3.63) is 70.4 Å². The molecule has 1 aromatic heterocycles. The second kappa shape index (κ2) is 5.96. The number of H-pyrrole nitrogens is 1. The molecule has 2 N–H and O–H groups in total. The topological polar surface area (TPSA) is 103 Å². The molecule has 0 aliphatic rings. The molecule has 0 fully saturated rings. The van der Waals surface area contributed by atoms with E-state index in [0.717, 1.165) is 17.0 Å². The maximum absolute atomic E-state index is 12.5. The zero-order chi connectivity index (χ0) is 17.3. The second-order valence-electron chi connectivity index (χ2n) is 5.18. The first kappa shape index (κ1) is 15.4. The summed E-state index contributed by atoms with van der Waals surface area (Å²) in [4.78, 5) is 42.2. The molecule has 0 saturated heterocycles. The molecular weight excluding hydrogens is 310 g/mol. The van der Waals surface area contributed by atoms with Gasteiger partial charge in [-0.25, -0.2) is 9.78 Å². The number of aromatic carboxylic acids is 1. The van der Waals surface area contributed by atoms with E-state index in [0.29, 0.717) is 5.69 Å². The number of carboxylic acid groups (broad SMARTS) is 1. The number of hydrogen-bond donors (Lipinski definition) is 2. The molecule has 0 bridgehead atoms. The van der Waals surface area contributed by atoms with Crippen LogP contribution in [0, 0.1) is 0 Å². The molecule has 0 unspecified atom stereocenters. The zero-order valence-electron chi connectivity index (χ0n) is 12.7. The normalized spacial score (nSPS) is 10.5. The van der Waals surface area contributed by atoms with E-state index in [4.69, 9.17) is 5.11 Å². The average molecular weight is 323 g/mol. The summed E-state index contributed by atoms with van der Waals surface area (Å²) in [5, 5.41) is 10.8. The van der Waals surface area contributed by atoms with E-state index < -0.39 is 23.3 Å². The number of hydrogen-bond acceptors (Lipinski definition) is 4. The second-order valence-corrected chi connectivity index (χ2v) is 5.18. The Balaban J connectivity index is 1.96.